The van der Waals surface area contributed by atoms with Crippen LogP contribution in [0.2, 0.25) is 0 Å². The molecule has 100 valence electrons. The van der Waals surface area contributed by atoms with Gasteiger partial charge in [-0.15, -0.1) is 0 Å². The largest absolute Gasteiger partial charge is 0.497 e. The number of benzene rings is 1. The monoisotopic (exact) mass is 261 g/mol. The first-order valence-electron chi connectivity index (χ1n) is 5.77. The normalized spacial score (nSPS) is 10.3. The van der Waals surface area contributed by atoms with Crippen molar-refractivity contribution in [3.05, 3.63) is 23.8 Å². The maximum absolute atomic E-state index is 10.8. The molecule has 0 saturated carbocycles. The van der Waals surface area contributed by atoms with E-state index >= 15 is 0 Å². The fraction of sp³-hybridized carbons (Fsp3) is 0.286. The second-order valence-corrected chi connectivity index (χ2v) is 3.89. The Hall–Kier alpha value is -2.30. The fourth-order valence-corrected chi connectivity index (χ4v) is 2.02. The molecule has 0 spiro atoms. The van der Waals surface area contributed by atoms with Gasteiger partial charge in [-0.2, -0.15) is 0 Å². The van der Waals surface area contributed by atoms with Gasteiger partial charge in [0.05, 0.1) is 32.4 Å². The molecule has 0 atom stereocenters. The molecule has 1 aromatic heterocycles. The number of hydrogen-bond donors (Lipinski definition) is 0. The fourth-order valence-electron chi connectivity index (χ4n) is 2.02. The maximum atomic E-state index is 10.8. The number of carbonyl (C=O) groups is 1. The van der Waals surface area contributed by atoms with Crippen LogP contribution in [0.15, 0.2) is 18.2 Å². The van der Waals surface area contributed by atoms with Gasteiger partial charge in [0.25, 0.3) is 0 Å². The zero-order valence-corrected chi connectivity index (χ0v) is 11.1. The predicted molar refractivity (Wildman–Crippen MR) is 71.2 cm³/mol. The van der Waals surface area contributed by atoms with Crippen LogP contribution in [0.1, 0.15) is 5.56 Å². The molecule has 0 aliphatic carbocycles. The summed E-state index contributed by atoms with van der Waals surface area (Å²) in [6.07, 6.45) is 0.999. The van der Waals surface area contributed by atoms with Gasteiger partial charge in [0.15, 0.2) is 0 Å². The molecule has 2 aromatic rings. The molecule has 0 aliphatic rings. The lowest BCUT2D eigenvalue weighted by molar-refractivity contribution is -0.107. The average molecular weight is 261 g/mol. The van der Waals surface area contributed by atoms with Gasteiger partial charge in [-0.25, -0.2) is 4.98 Å². The Bertz CT molecular complexity index is 610. The summed E-state index contributed by atoms with van der Waals surface area (Å²) in [6, 6.07) is 5.47. The first-order chi connectivity index (χ1) is 9.24. The van der Waals surface area contributed by atoms with Crippen molar-refractivity contribution < 1.29 is 19.0 Å². The quantitative estimate of drug-likeness (QED) is 0.770. The maximum Gasteiger partial charge on any atom is 0.221 e. The third-order valence-corrected chi connectivity index (χ3v) is 2.89. The van der Waals surface area contributed by atoms with Crippen LogP contribution in [0.25, 0.3) is 10.9 Å². The molecule has 0 radical (unpaired) electrons. The molecule has 1 aromatic carbocycles. The molecule has 0 N–H and O–H groups in total. The Morgan fingerprint density at radius 2 is 1.95 bits per heavy atom. The molecular weight excluding hydrogens is 246 g/mol. The van der Waals surface area contributed by atoms with Crippen molar-refractivity contribution in [2.24, 2.45) is 0 Å². The second-order valence-electron chi connectivity index (χ2n) is 3.89. The number of methoxy groups -OCH3 is 3. The zero-order valence-electron chi connectivity index (χ0n) is 11.1. The molecule has 19 heavy (non-hydrogen) atoms. The van der Waals surface area contributed by atoms with E-state index in [0.717, 1.165) is 11.7 Å². The Morgan fingerprint density at radius 1 is 1.16 bits per heavy atom. The number of aldehydes is 1. The standard InChI is InChI=1S/C14H15NO4/c1-17-9-4-5-10-12(8-9)15-14(19-3)11(6-7-16)13(10)18-2/h4-5,7-8H,6H2,1-3H3. The van der Waals surface area contributed by atoms with E-state index in [2.05, 4.69) is 4.98 Å². The SMILES string of the molecule is COc1ccc2c(OC)c(CC=O)c(OC)nc2c1. The molecule has 5 heteroatoms. The number of nitrogens with zero attached hydrogens (tertiary/aromatic N) is 1. The molecule has 0 fully saturated rings. The van der Waals surface area contributed by atoms with E-state index < -0.39 is 0 Å². The van der Waals surface area contributed by atoms with Crippen LogP contribution in [-0.2, 0) is 11.2 Å². The molecular formula is C14H15NO4. The third kappa shape index (κ3) is 2.31. The second kappa shape index (κ2) is 5.56. The lowest BCUT2D eigenvalue weighted by atomic mass is 10.1. The highest BCUT2D eigenvalue weighted by Gasteiger charge is 2.16. The number of fused-ring (bicyclic) bond motifs is 1. The molecule has 0 aliphatic heterocycles. The Balaban J connectivity index is 2.76. The molecule has 0 bridgehead atoms. The lowest BCUT2D eigenvalue weighted by Gasteiger charge is -2.14. The number of ether oxygens (including phenoxy) is 3. The first kappa shape index (κ1) is 13.1. The van der Waals surface area contributed by atoms with Gasteiger partial charge in [-0.05, 0) is 12.1 Å². The van der Waals surface area contributed by atoms with Crippen LogP contribution in [0, 0.1) is 0 Å². The van der Waals surface area contributed by atoms with Crippen LogP contribution >= 0.6 is 0 Å². The van der Waals surface area contributed by atoms with Crippen LogP contribution in [0.5, 0.6) is 17.4 Å². The van der Waals surface area contributed by atoms with Crippen LogP contribution in [-0.4, -0.2) is 32.6 Å². The number of hydrogen-bond acceptors (Lipinski definition) is 5. The van der Waals surface area contributed by atoms with Crippen LogP contribution in [0.3, 0.4) is 0 Å². The molecule has 5 nitrogen and oxygen atoms in total. The van der Waals surface area contributed by atoms with Crippen molar-refractivity contribution in [3.63, 3.8) is 0 Å². The predicted octanol–water partition coefficient (Wildman–Crippen LogP) is 2.00. The molecule has 0 saturated heterocycles. The summed E-state index contributed by atoms with van der Waals surface area (Å²) in [6.45, 7) is 0. The highest BCUT2D eigenvalue weighted by molar-refractivity contribution is 5.89. The summed E-state index contributed by atoms with van der Waals surface area (Å²) in [5.74, 6) is 1.70. The number of pyridine rings is 1. The topological polar surface area (TPSA) is 57.7 Å². The van der Waals surface area contributed by atoms with Crippen molar-refractivity contribution in [1.29, 1.82) is 0 Å². The van der Waals surface area contributed by atoms with Crippen molar-refractivity contribution >= 4 is 17.2 Å². The molecule has 0 unspecified atom stereocenters. The van der Waals surface area contributed by atoms with E-state index in [4.69, 9.17) is 14.2 Å². The summed E-state index contributed by atoms with van der Waals surface area (Å²) in [5, 5.41) is 0.820. The van der Waals surface area contributed by atoms with Gasteiger partial charge in [0, 0.05) is 17.9 Å². The zero-order chi connectivity index (χ0) is 13.8. The van der Waals surface area contributed by atoms with E-state index in [1.165, 1.54) is 7.11 Å². The summed E-state index contributed by atoms with van der Waals surface area (Å²) in [7, 11) is 4.67. The Labute approximate surface area is 111 Å². The van der Waals surface area contributed by atoms with Gasteiger partial charge >= 0.3 is 0 Å². The van der Waals surface area contributed by atoms with Gasteiger partial charge in [-0.3, -0.25) is 0 Å². The van der Waals surface area contributed by atoms with Gasteiger partial charge in [-0.1, -0.05) is 0 Å². The molecule has 0 amide bonds. The van der Waals surface area contributed by atoms with E-state index in [1.807, 2.05) is 12.1 Å². The van der Waals surface area contributed by atoms with E-state index in [-0.39, 0.29) is 6.42 Å². The number of carbonyl (C=O) groups excluding carboxylic acids is 1. The average Bonchev–Trinajstić information content (AvgIpc) is 2.46. The molecule has 2 rings (SSSR count). The Kier molecular flexibility index (Phi) is 3.85. The minimum absolute atomic E-state index is 0.196. The number of rotatable bonds is 5. The van der Waals surface area contributed by atoms with E-state index in [9.17, 15) is 4.79 Å². The highest BCUT2D eigenvalue weighted by Crippen LogP contribution is 2.35. The summed E-state index contributed by atoms with van der Waals surface area (Å²) in [5.41, 5.74) is 1.35. The van der Waals surface area contributed by atoms with Gasteiger partial charge in [0.2, 0.25) is 5.88 Å². The van der Waals surface area contributed by atoms with Crippen molar-refractivity contribution in [2.75, 3.05) is 21.3 Å². The van der Waals surface area contributed by atoms with Gasteiger partial charge in [0.1, 0.15) is 17.8 Å². The smallest absolute Gasteiger partial charge is 0.221 e. The molecule has 1 heterocycles. The van der Waals surface area contributed by atoms with E-state index in [0.29, 0.717) is 28.5 Å². The summed E-state index contributed by atoms with van der Waals surface area (Å²) >= 11 is 0. The van der Waals surface area contributed by atoms with Gasteiger partial charge < -0.3 is 19.0 Å². The Morgan fingerprint density at radius 3 is 2.53 bits per heavy atom. The third-order valence-electron chi connectivity index (χ3n) is 2.89. The summed E-state index contributed by atoms with van der Waals surface area (Å²) in [4.78, 5) is 15.2. The van der Waals surface area contributed by atoms with Crippen molar-refractivity contribution in [2.45, 2.75) is 6.42 Å². The first-order valence-corrected chi connectivity index (χ1v) is 5.77. The van der Waals surface area contributed by atoms with Crippen molar-refractivity contribution in [3.8, 4) is 17.4 Å². The minimum atomic E-state index is 0.196. The van der Waals surface area contributed by atoms with E-state index in [1.54, 1.807) is 20.3 Å². The number of aromatic nitrogens is 1. The minimum Gasteiger partial charge on any atom is -0.497 e. The lowest BCUT2D eigenvalue weighted by Crippen LogP contribution is -2.01. The highest BCUT2D eigenvalue weighted by atomic mass is 16.5. The van der Waals surface area contributed by atoms with Crippen LogP contribution in [0.4, 0.5) is 0 Å². The van der Waals surface area contributed by atoms with Crippen LogP contribution < -0.4 is 14.2 Å². The summed E-state index contributed by atoms with van der Waals surface area (Å²) < 4.78 is 15.8. The van der Waals surface area contributed by atoms with Crippen molar-refractivity contribution in [1.82, 2.24) is 4.98 Å².